The number of rotatable bonds is 3. The molecule has 2 N–H and O–H groups in total. The van der Waals surface area contributed by atoms with Crippen LogP contribution < -0.4 is 5.73 Å². The lowest BCUT2D eigenvalue weighted by Gasteiger charge is -1.99. The van der Waals surface area contributed by atoms with E-state index in [2.05, 4.69) is 15.9 Å². The monoisotopic (exact) mass is 270 g/mol. The maximum Gasteiger partial charge on any atom is 0.277 e. The molecule has 0 radical (unpaired) electrons. The van der Waals surface area contributed by atoms with Crippen molar-refractivity contribution < 1.29 is 4.92 Å². The Labute approximate surface area is 96.1 Å². The lowest BCUT2D eigenvalue weighted by Crippen LogP contribution is -2.10. The van der Waals surface area contributed by atoms with Gasteiger partial charge in [0.05, 0.1) is 10.5 Å². The van der Waals surface area contributed by atoms with Crippen molar-refractivity contribution in [3.8, 4) is 0 Å². The Hall–Kier alpha value is -1.20. The van der Waals surface area contributed by atoms with Crippen LogP contribution in [0.4, 0.5) is 5.69 Å². The van der Waals surface area contributed by atoms with Gasteiger partial charge in [-0.15, -0.1) is 0 Å². The Kier molecular flexibility index (Phi) is 3.99. The van der Waals surface area contributed by atoms with Crippen molar-refractivity contribution >= 4 is 27.7 Å². The van der Waals surface area contributed by atoms with E-state index < -0.39 is 4.92 Å². The number of hydrogen-bond acceptors (Lipinski definition) is 3. The van der Waals surface area contributed by atoms with Crippen LogP contribution in [0.3, 0.4) is 0 Å². The molecule has 1 rings (SSSR count). The second-order valence-electron chi connectivity index (χ2n) is 3.18. The summed E-state index contributed by atoms with van der Waals surface area (Å²) in [7, 11) is 0. The second-order valence-corrected chi connectivity index (χ2v) is 4.09. The van der Waals surface area contributed by atoms with Gasteiger partial charge in [0.1, 0.15) is 0 Å². The first-order chi connectivity index (χ1) is 7.00. The molecule has 0 bridgehead atoms. The number of benzene rings is 1. The first-order valence-electron chi connectivity index (χ1n) is 4.38. The maximum absolute atomic E-state index is 10.7. The van der Waals surface area contributed by atoms with Gasteiger partial charge in [-0.1, -0.05) is 28.1 Å². The Morgan fingerprint density at radius 3 is 2.80 bits per heavy atom. The van der Waals surface area contributed by atoms with E-state index in [0.717, 1.165) is 0 Å². The van der Waals surface area contributed by atoms with Crippen molar-refractivity contribution in [2.75, 3.05) is 0 Å². The van der Waals surface area contributed by atoms with Gasteiger partial charge in [-0.2, -0.15) is 0 Å². The fraction of sp³-hybridized carbons (Fsp3) is 0.200. The summed E-state index contributed by atoms with van der Waals surface area (Å²) in [6.07, 6.45) is 3.38. The van der Waals surface area contributed by atoms with Crippen LogP contribution in [-0.4, -0.2) is 11.0 Å². The van der Waals surface area contributed by atoms with Gasteiger partial charge >= 0.3 is 0 Å². The molecule has 0 aliphatic heterocycles. The first kappa shape index (κ1) is 11.9. The highest BCUT2D eigenvalue weighted by molar-refractivity contribution is 9.10. The molecule has 1 aromatic carbocycles. The summed E-state index contributed by atoms with van der Waals surface area (Å²) < 4.78 is 0.687. The lowest BCUT2D eigenvalue weighted by molar-refractivity contribution is -0.385. The van der Waals surface area contributed by atoms with Crippen molar-refractivity contribution in [3.05, 3.63) is 44.4 Å². The van der Waals surface area contributed by atoms with Crippen LogP contribution in [0.2, 0.25) is 0 Å². The van der Waals surface area contributed by atoms with Crippen molar-refractivity contribution in [1.29, 1.82) is 0 Å². The van der Waals surface area contributed by atoms with Crippen LogP contribution in [-0.2, 0) is 0 Å². The summed E-state index contributed by atoms with van der Waals surface area (Å²) in [5.74, 6) is 0. The fourth-order valence-corrected chi connectivity index (χ4v) is 1.42. The molecule has 0 heterocycles. The number of nitro benzene ring substituents is 1. The Balaban J connectivity index is 3.12. The standard InChI is InChI=1S/C10H11BrN2O2/c1-7(12)2-3-8-4-5-9(11)6-10(8)13(14)15/h2-7H,12H2,1H3/b3-2+. The molecule has 4 nitrogen and oxygen atoms in total. The van der Waals surface area contributed by atoms with Gasteiger partial charge in [0, 0.05) is 16.6 Å². The summed E-state index contributed by atoms with van der Waals surface area (Å²) in [5.41, 5.74) is 6.16. The van der Waals surface area contributed by atoms with Crippen molar-refractivity contribution in [3.63, 3.8) is 0 Å². The number of nitro groups is 1. The van der Waals surface area contributed by atoms with E-state index in [-0.39, 0.29) is 11.7 Å². The van der Waals surface area contributed by atoms with Crippen molar-refractivity contribution in [2.24, 2.45) is 5.73 Å². The van der Waals surface area contributed by atoms with Crippen LogP contribution in [0, 0.1) is 10.1 Å². The highest BCUT2D eigenvalue weighted by Gasteiger charge is 2.11. The van der Waals surface area contributed by atoms with Crippen LogP contribution in [0.1, 0.15) is 12.5 Å². The molecule has 5 heteroatoms. The topological polar surface area (TPSA) is 69.2 Å². The van der Waals surface area contributed by atoms with Gasteiger partial charge < -0.3 is 5.73 Å². The Morgan fingerprint density at radius 1 is 1.60 bits per heavy atom. The molecule has 1 atom stereocenters. The summed E-state index contributed by atoms with van der Waals surface area (Å²) in [6, 6.07) is 4.80. The molecule has 0 fully saturated rings. The summed E-state index contributed by atoms with van der Waals surface area (Å²) in [6.45, 7) is 1.81. The van der Waals surface area contributed by atoms with Crippen LogP contribution in [0.15, 0.2) is 28.7 Å². The van der Waals surface area contributed by atoms with E-state index in [1.165, 1.54) is 6.07 Å². The van der Waals surface area contributed by atoms with Gasteiger partial charge in [-0.25, -0.2) is 0 Å². The molecule has 0 saturated carbocycles. The highest BCUT2D eigenvalue weighted by atomic mass is 79.9. The largest absolute Gasteiger partial charge is 0.325 e. The van der Waals surface area contributed by atoms with E-state index in [0.29, 0.717) is 10.0 Å². The van der Waals surface area contributed by atoms with Crippen LogP contribution >= 0.6 is 15.9 Å². The normalized spacial score (nSPS) is 13.0. The molecule has 0 saturated heterocycles. The number of nitrogens with zero attached hydrogens (tertiary/aromatic N) is 1. The third-order valence-corrected chi connectivity index (χ3v) is 2.26. The van der Waals surface area contributed by atoms with Crippen molar-refractivity contribution in [2.45, 2.75) is 13.0 Å². The predicted molar refractivity (Wildman–Crippen MR) is 63.5 cm³/mol. The second kappa shape index (κ2) is 5.04. The molecule has 0 aliphatic rings. The van der Waals surface area contributed by atoms with E-state index in [9.17, 15) is 10.1 Å². The molecule has 80 valence electrons. The summed E-state index contributed by atoms with van der Waals surface area (Å²) in [4.78, 5) is 10.3. The van der Waals surface area contributed by atoms with E-state index in [1.807, 2.05) is 0 Å². The molecule has 15 heavy (non-hydrogen) atoms. The van der Waals surface area contributed by atoms with Crippen molar-refractivity contribution in [1.82, 2.24) is 0 Å². The Bertz CT molecular complexity index is 402. The third-order valence-electron chi connectivity index (χ3n) is 1.77. The zero-order valence-corrected chi connectivity index (χ0v) is 9.77. The minimum atomic E-state index is -0.411. The van der Waals surface area contributed by atoms with Gasteiger partial charge in [-0.3, -0.25) is 10.1 Å². The molecule has 0 aromatic heterocycles. The molecule has 0 aliphatic carbocycles. The quantitative estimate of drug-likeness (QED) is 0.678. The molecular weight excluding hydrogens is 260 g/mol. The minimum Gasteiger partial charge on any atom is -0.325 e. The average molecular weight is 271 g/mol. The minimum absolute atomic E-state index is 0.0706. The highest BCUT2D eigenvalue weighted by Crippen LogP contribution is 2.24. The number of hydrogen-bond donors (Lipinski definition) is 1. The van der Waals surface area contributed by atoms with Gasteiger partial charge in [0.2, 0.25) is 0 Å². The molecular formula is C10H11BrN2O2. The molecule has 0 spiro atoms. The molecule has 0 amide bonds. The Morgan fingerprint density at radius 2 is 2.27 bits per heavy atom. The smallest absolute Gasteiger partial charge is 0.277 e. The molecule has 1 unspecified atom stereocenters. The van der Waals surface area contributed by atoms with Crippen LogP contribution in [0.5, 0.6) is 0 Å². The van der Waals surface area contributed by atoms with E-state index >= 15 is 0 Å². The number of nitrogens with two attached hydrogens (primary N) is 1. The molecule has 1 aromatic rings. The third kappa shape index (κ3) is 3.45. The SMILES string of the molecule is CC(N)/C=C/c1ccc(Br)cc1[N+](=O)[O-]. The zero-order valence-electron chi connectivity index (χ0n) is 8.18. The summed E-state index contributed by atoms with van der Waals surface area (Å²) in [5, 5.41) is 10.7. The van der Waals surface area contributed by atoms with Gasteiger partial charge in [0.25, 0.3) is 5.69 Å². The summed E-state index contributed by atoms with van der Waals surface area (Å²) >= 11 is 3.19. The van der Waals surface area contributed by atoms with Crippen LogP contribution in [0.25, 0.3) is 6.08 Å². The predicted octanol–water partition coefficient (Wildman–Crippen LogP) is 2.72. The lowest BCUT2D eigenvalue weighted by atomic mass is 10.1. The average Bonchev–Trinajstić information content (AvgIpc) is 2.15. The van der Waals surface area contributed by atoms with Gasteiger partial charge in [-0.05, 0) is 19.1 Å². The first-order valence-corrected chi connectivity index (χ1v) is 5.17. The van der Waals surface area contributed by atoms with Gasteiger partial charge in [0.15, 0.2) is 0 Å². The number of halogens is 1. The van der Waals surface area contributed by atoms with E-state index in [4.69, 9.17) is 5.73 Å². The van der Waals surface area contributed by atoms with E-state index in [1.54, 1.807) is 31.2 Å². The maximum atomic E-state index is 10.7. The zero-order chi connectivity index (χ0) is 11.4. The fourth-order valence-electron chi connectivity index (χ4n) is 1.07.